The molecule has 14 heavy (non-hydrogen) atoms. The van der Waals surface area contributed by atoms with Gasteiger partial charge in [0, 0.05) is 0 Å². The first-order valence-electron chi connectivity index (χ1n) is 4.73. The number of halogens is 1. The van der Waals surface area contributed by atoms with Crippen molar-refractivity contribution < 1.29 is 9.13 Å². The van der Waals surface area contributed by atoms with E-state index < -0.39 is 0 Å². The zero-order valence-electron chi connectivity index (χ0n) is 8.59. The van der Waals surface area contributed by atoms with Crippen molar-refractivity contribution in [3.63, 3.8) is 0 Å². The first-order chi connectivity index (χ1) is 6.69. The van der Waals surface area contributed by atoms with Crippen LogP contribution in [0, 0.1) is 5.82 Å². The lowest BCUT2D eigenvalue weighted by molar-refractivity contribution is 0.321. The van der Waals surface area contributed by atoms with Crippen LogP contribution < -0.4 is 4.74 Å². The molecule has 0 saturated carbocycles. The van der Waals surface area contributed by atoms with Gasteiger partial charge in [-0.2, -0.15) is 0 Å². The van der Waals surface area contributed by atoms with Crippen LogP contribution in [0.5, 0.6) is 5.75 Å². The van der Waals surface area contributed by atoms with E-state index in [-0.39, 0.29) is 11.7 Å². The Bertz CT molecular complexity index is 320. The molecule has 0 aliphatic heterocycles. The lowest BCUT2D eigenvalue weighted by Gasteiger charge is -2.09. The van der Waals surface area contributed by atoms with E-state index in [9.17, 15) is 4.39 Å². The Morgan fingerprint density at radius 3 is 2.79 bits per heavy atom. The molecule has 0 saturated heterocycles. The average Bonchev–Trinajstić information content (AvgIpc) is 2.20. The maximum atomic E-state index is 13.4. The van der Waals surface area contributed by atoms with Gasteiger partial charge in [0.05, 0.1) is 6.61 Å². The van der Waals surface area contributed by atoms with E-state index in [0.29, 0.717) is 12.4 Å². The first kappa shape index (κ1) is 10.8. The van der Waals surface area contributed by atoms with Crippen molar-refractivity contribution in [1.29, 1.82) is 0 Å². The van der Waals surface area contributed by atoms with E-state index in [1.165, 1.54) is 6.07 Å². The summed E-state index contributed by atoms with van der Waals surface area (Å²) in [5.74, 6) is 0.172. The lowest BCUT2D eigenvalue weighted by atomic mass is 10.0. The van der Waals surface area contributed by atoms with Gasteiger partial charge in [-0.15, -0.1) is 6.58 Å². The molecule has 0 bridgehead atoms. The van der Waals surface area contributed by atoms with Crippen LogP contribution in [0.2, 0.25) is 0 Å². The third-order valence-corrected chi connectivity index (χ3v) is 2.14. The molecular formula is C12H15FO. The molecule has 0 spiro atoms. The summed E-state index contributed by atoms with van der Waals surface area (Å²) in [5, 5.41) is 0. The summed E-state index contributed by atoms with van der Waals surface area (Å²) in [6.07, 6.45) is 1.79. The fraction of sp³-hybridized carbons (Fsp3) is 0.333. The molecule has 1 atom stereocenters. The largest absolute Gasteiger partial charge is 0.491 e. The van der Waals surface area contributed by atoms with Gasteiger partial charge in [0.25, 0.3) is 0 Å². The molecular weight excluding hydrogens is 179 g/mol. The summed E-state index contributed by atoms with van der Waals surface area (Å²) in [6, 6.07) is 5.02. The van der Waals surface area contributed by atoms with Crippen molar-refractivity contribution in [2.24, 2.45) is 0 Å². The standard InChI is InChI=1S/C12H15FO/c1-4-9(3)10-6-7-12(14-5-2)11(13)8-10/h4,6-9H,1,5H2,2-3H3. The van der Waals surface area contributed by atoms with Gasteiger partial charge in [0.15, 0.2) is 11.6 Å². The summed E-state index contributed by atoms with van der Waals surface area (Å²) in [7, 11) is 0. The fourth-order valence-electron chi connectivity index (χ4n) is 1.21. The van der Waals surface area contributed by atoms with E-state index >= 15 is 0 Å². The van der Waals surface area contributed by atoms with Crippen molar-refractivity contribution in [3.8, 4) is 5.75 Å². The topological polar surface area (TPSA) is 9.23 Å². The molecule has 0 fully saturated rings. The van der Waals surface area contributed by atoms with Crippen molar-refractivity contribution >= 4 is 0 Å². The Morgan fingerprint density at radius 1 is 1.57 bits per heavy atom. The summed E-state index contributed by atoms with van der Waals surface area (Å²) in [6.45, 7) is 7.96. The highest BCUT2D eigenvalue weighted by molar-refractivity contribution is 5.32. The van der Waals surface area contributed by atoms with Gasteiger partial charge in [-0.1, -0.05) is 19.1 Å². The number of allylic oxidation sites excluding steroid dienone is 1. The molecule has 0 N–H and O–H groups in total. The Kier molecular flexibility index (Phi) is 3.69. The quantitative estimate of drug-likeness (QED) is 0.666. The van der Waals surface area contributed by atoms with Crippen LogP contribution in [0.3, 0.4) is 0 Å². The fourth-order valence-corrected chi connectivity index (χ4v) is 1.21. The highest BCUT2D eigenvalue weighted by Crippen LogP contribution is 2.23. The summed E-state index contributed by atoms with van der Waals surface area (Å²) in [5.41, 5.74) is 0.918. The number of benzene rings is 1. The zero-order chi connectivity index (χ0) is 10.6. The smallest absolute Gasteiger partial charge is 0.165 e. The van der Waals surface area contributed by atoms with E-state index in [0.717, 1.165) is 5.56 Å². The van der Waals surface area contributed by atoms with Gasteiger partial charge in [-0.3, -0.25) is 0 Å². The van der Waals surface area contributed by atoms with Crippen LogP contribution in [0.4, 0.5) is 4.39 Å². The third kappa shape index (κ3) is 2.34. The van der Waals surface area contributed by atoms with Crippen molar-refractivity contribution in [2.75, 3.05) is 6.61 Å². The van der Waals surface area contributed by atoms with E-state index in [2.05, 4.69) is 6.58 Å². The first-order valence-corrected chi connectivity index (χ1v) is 4.73. The number of hydrogen-bond acceptors (Lipinski definition) is 1. The van der Waals surface area contributed by atoms with Crippen molar-refractivity contribution in [3.05, 3.63) is 42.2 Å². The maximum absolute atomic E-state index is 13.4. The number of hydrogen-bond donors (Lipinski definition) is 0. The Balaban J connectivity index is 2.93. The Morgan fingerprint density at radius 2 is 2.29 bits per heavy atom. The summed E-state index contributed by atoms with van der Waals surface area (Å²) >= 11 is 0. The Hall–Kier alpha value is -1.31. The number of rotatable bonds is 4. The van der Waals surface area contributed by atoms with E-state index in [4.69, 9.17) is 4.74 Å². The van der Waals surface area contributed by atoms with Gasteiger partial charge < -0.3 is 4.74 Å². The minimum Gasteiger partial charge on any atom is -0.491 e. The monoisotopic (exact) mass is 194 g/mol. The summed E-state index contributed by atoms with van der Waals surface area (Å²) < 4.78 is 18.5. The summed E-state index contributed by atoms with van der Waals surface area (Å²) in [4.78, 5) is 0. The normalized spacial score (nSPS) is 12.2. The maximum Gasteiger partial charge on any atom is 0.165 e. The molecule has 1 aromatic carbocycles. The SMILES string of the molecule is C=CC(C)c1ccc(OCC)c(F)c1. The minimum absolute atomic E-state index is 0.167. The molecule has 0 amide bonds. The lowest BCUT2D eigenvalue weighted by Crippen LogP contribution is -1.96. The van der Waals surface area contributed by atoms with Gasteiger partial charge in [0.2, 0.25) is 0 Å². The van der Waals surface area contributed by atoms with Gasteiger partial charge in [0.1, 0.15) is 0 Å². The molecule has 1 unspecified atom stereocenters. The zero-order valence-corrected chi connectivity index (χ0v) is 8.59. The molecule has 76 valence electrons. The highest BCUT2D eigenvalue weighted by Gasteiger charge is 2.06. The average molecular weight is 194 g/mol. The second kappa shape index (κ2) is 4.80. The predicted octanol–water partition coefficient (Wildman–Crippen LogP) is 3.51. The molecule has 0 heterocycles. The molecule has 1 nitrogen and oxygen atoms in total. The molecule has 2 heteroatoms. The molecule has 1 aromatic rings. The molecule has 1 rings (SSSR count). The third-order valence-electron chi connectivity index (χ3n) is 2.14. The second-order valence-electron chi connectivity index (χ2n) is 3.15. The van der Waals surface area contributed by atoms with Crippen molar-refractivity contribution in [1.82, 2.24) is 0 Å². The van der Waals surface area contributed by atoms with E-state index in [1.54, 1.807) is 12.1 Å². The van der Waals surface area contributed by atoms with Crippen molar-refractivity contribution in [2.45, 2.75) is 19.8 Å². The van der Waals surface area contributed by atoms with Crippen LogP contribution >= 0.6 is 0 Å². The Labute approximate surface area is 84.2 Å². The predicted molar refractivity (Wildman–Crippen MR) is 56.2 cm³/mol. The van der Waals surface area contributed by atoms with Gasteiger partial charge >= 0.3 is 0 Å². The van der Waals surface area contributed by atoms with E-state index in [1.807, 2.05) is 19.9 Å². The molecule has 0 aliphatic carbocycles. The van der Waals surface area contributed by atoms with Crippen LogP contribution in [0.15, 0.2) is 30.9 Å². The highest BCUT2D eigenvalue weighted by atomic mass is 19.1. The van der Waals surface area contributed by atoms with Crippen LogP contribution in [-0.2, 0) is 0 Å². The van der Waals surface area contributed by atoms with Crippen LogP contribution in [-0.4, -0.2) is 6.61 Å². The second-order valence-corrected chi connectivity index (χ2v) is 3.15. The van der Waals surface area contributed by atoms with Crippen LogP contribution in [0.25, 0.3) is 0 Å². The number of ether oxygens (including phenoxy) is 1. The molecule has 0 aromatic heterocycles. The van der Waals surface area contributed by atoms with Gasteiger partial charge in [-0.05, 0) is 30.5 Å². The molecule has 0 radical (unpaired) electrons. The van der Waals surface area contributed by atoms with Gasteiger partial charge in [-0.25, -0.2) is 4.39 Å². The molecule has 0 aliphatic rings. The van der Waals surface area contributed by atoms with Crippen LogP contribution in [0.1, 0.15) is 25.3 Å². The minimum atomic E-state index is -0.307.